The Morgan fingerprint density at radius 3 is 2.38 bits per heavy atom. The van der Waals surface area contributed by atoms with Crippen LogP contribution in [0.2, 0.25) is 0 Å². The summed E-state index contributed by atoms with van der Waals surface area (Å²) in [6, 6.07) is 0. The molecule has 2 atom stereocenters. The lowest BCUT2D eigenvalue weighted by Crippen LogP contribution is -2.46. The zero-order valence-electron chi connectivity index (χ0n) is 8.41. The first-order valence-electron chi connectivity index (χ1n) is 4.52. The van der Waals surface area contributed by atoms with Gasteiger partial charge >= 0.3 is 5.97 Å². The van der Waals surface area contributed by atoms with Crippen molar-refractivity contribution in [2.45, 2.75) is 32.8 Å². The van der Waals surface area contributed by atoms with E-state index in [1.165, 1.54) is 0 Å². The molecule has 0 saturated heterocycles. The van der Waals surface area contributed by atoms with Gasteiger partial charge in [-0.2, -0.15) is 0 Å². The quantitative estimate of drug-likeness (QED) is 0.652. The third-order valence-corrected chi connectivity index (χ3v) is 2.30. The number of rotatable bonds is 6. The second kappa shape index (κ2) is 5.19. The third-order valence-electron chi connectivity index (χ3n) is 2.30. The molecular weight excluding hydrogens is 172 g/mol. The SMILES string of the molecule is CCOCC(C)C(O)(CC)C(=O)O. The molecule has 0 aromatic heterocycles. The van der Waals surface area contributed by atoms with Crippen molar-refractivity contribution in [2.24, 2.45) is 5.92 Å². The van der Waals surface area contributed by atoms with E-state index in [0.29, 0.717) is 6.61 Å². The average molecular weight is 190 g/mol. The molecule has 0 bridgehead atoms. The molecule has 2 unspecified atom stereocenters. The van der Waals surface area contributed by atoms with E-state index in [1.54, 1.807) is 13.8 Å². The van der Waals surface area contributed by atoms with Gasteiger partial charge in [0.25, 0.3) is 0 Å². The van der Waals surface area contributed by atoms with Crippen molar-refractivity contribution < 1.29 is 19.7 Å². The Morgan fingerprint density at radius 2 is 2.08 bits per heavy atom. The van der Waals surface area contributed by atoms with Crippen molar-refractivity contribution in [3.05, 3.63) is 0 Å². The number of carboxylic acid groups (broad SMARTS) is 1. The molecule has 0 radical (unpaired) electrons. The van der Waals surface area contributed by atoms with E-state index in [4.69, 9.17) is 9.84 Å². The molecule has 0 aliphatic rings. The Bertz CT molecular complexity index is 169. The van der Waals surface area contributed by atoms with Crippen molar-refractivity contribution in [3.8, 4) is 0 Å². The van der Waals surface area contributed by atoms with E-state index in [1.807, 2.05) is 6.92 Å². The lowest BCUT2D eigenvalue weighted by molar-refractivity contribution is -0.167. The summed E-state index contributed by atoms with van der Waals surface area (Å²) in [6.07, 6.45) is 0.191. The fraction of sp³-hybridized carbons (Fsp3) is 0.889. The summed E-state index contributed by atoms with van der Waals surface area (Å²) in [7, 11) is 0. The minimum atomic E-state index is -1.66. The first-order valence-corrected chi connectivity index (χ1v) is 4.52. The number of aliphatic carboxylic acids is 1. The monoisotopic (exact) mass is 190 g/mol. The van der Waals surface area contributed by atoms with Gasteiger partial charge in [0.05, 0.1) is 6.61 Å². The van der Waals surface area contributed by atoms with Crippen LogP contribution in [0.15, 0.2) is 0 Å². The van der Waals surface area contributed by atoms with Crippen LogP contribution in [-0.4, -0.2) is 35.0 Å². The molecule has 0 aromatic rings. The molecule has 0 aliphatic heterocycles. The van der Waals surface area contributed by atoms with Crippen LogP contribution >= 0.6 is 0 Å². The van der Waals surface area contributed by atoms with Crippen LogP contribution < -0.4 is 0 Å². The number of hydrogen-bond acceptors (Lipinski definition) is 3. The minimum Gasteiger partial charge on any atom is -0.479 e. The van der Waals surface area contributed by atoms with Crippen molar-refractivity contribution in [1.29, 1.82) is 0 Å². The maximum absolute atomic E-state index is 10.8. The van der Waals surface area contributed by atoms with Gasteiger partial charge in [0.1, 0.15) is 0 Å². The van der Waals surface area contributed by atoms with E-state index in [2.05, 4.69) is 0 Å². The average Bonchev–Trinajstić information content (AvgIpc) is 2.12. The van der Waals surface area contributed by atoms with Gasteiger partial charge in [-0.1, -0.05) is 13.8 Å². The molecule has 0 heterocycles. The number of ether oxygens (including phenoxy) is 1. The highest BCUT2D eigenvalue weighted by Gasteiger charge is 2.39. The molecule has 0 saturated carbocycles. The predicted molar refractivity (Wildman–Crippen MR) is 48.5 cm³/mol. The summed E-state index contributed by atoms with van der Waals surface area (Å²) in [4.78, 5) is 10.8. The van der Waals surface area contributed by atoms with E-state index in [-0.39, 0.29) is 13.0 Å². The van der Waals surface area contributed by atoms with Gasteiger partial charge < -0.3 is 14.9 Å². The molecule has 0 rings (SSSR count). The summed E-state index contributed by atoms with van der Waals surface area (Å²) in [6.45, 7) is 5.96. The molecule has 0 aliphatic carbocycles. The summed E-state index contributed by atoms with van der Waals surface area (Å²) in [5.74, 6) is -1.57. The molecular formula is C9H18O4. The first kappa shape index (κ1) is 12.4. The number of carbonyl (C=O) groups is 1. The van der Waals surface area contributed by atoms with Gasteiger partial charge in [0, 0.05) is 12.5 Å². The lowest BCUT2D eigenvalue weighted by atomic mass is 9.87. The van der Waals surface area contributed by atoms with E-state index in [9.17, 15) is 9.90 Å². The number of aliphatic hydroxyl groups is 1. The van der Waals surface area contributed by atoms with Crippen molar-refractivity contribution in [2.75, 3.05) is 13.2 Å². The normalized spacial score (nSPS) is 17.8. The molecule has 4 nitrogen and oxygen atoms in total. The Kier molecular flexibility index (Phi) is 4.95. The predicted octanol–water partition coefficient (Wildman–Crippen LogP) is 0.885. The maximum atomic E-state index is 10.8. The van der Waals surface area contributed by atoms with Crippen LogP contribution in [0.4, 0.5) is 0 Å². The Hall–Kier alpha value is -0.610. The van der Waals surface area contributed by atoms with Crippen LogP contribution in [-0.2, 0) is 9.53 Å². The summed E-state index contributed by atoms with van der Waals surface area (Å²) < 4.78 is 5.07. The molecule has 0 amide bonds. The van der Waals surface area contributed by atoms with Gasteiger partial charge in [-0.25, -0.2) is 4.79 Å². The standard InChI is InChI=1S/C9H18O4/c1-4-9(12,8(10)11)7(3)6-13-5-2/h7,12H,4-6H2,1-3H3,(H,10,11). The zero-order chi connectivity index (χ0) is 10.5. The van der Waals surface area contributed by atoms with Crippen molar-refractivity contribution >= 4 is 5.97 Å². The summed E-state index contributed by atoms with van der Waals surface area (Å²) in [5.41, 5.74) is -1.66. The van der Waals surface area contributed by atoms with Crippen LogP contribution in [0, 0.1) is 5.92 Å². The Morgan fingerprint density at radius 1 is 1.54 bits per heavy atom. The second-order valence-electron chi connectivity index (χ2n) is 3.14. The minimum absolute atomic E-state index is 0.191. The molecule has 0 spiro atoms. The molecule has 0 fully saturated rings. The second-order valence-corrected chi connectivity index (χ2v) is 3.14. The summed E-state index contributed by atoms with van der Waals surface area (Å²) >= 11 is 0. The van der Waals surface area contributed by atoms with Crippen LogP contribution in [0.3, 0.4) is 0 Å². The molecule has 2 N–H and O–H groups in total. The highest BCUT2D eigenvalue weighted by atomic mass is 16.5. The fourth-order valence-corrected chi connectivity index (χ4v) is 1.14. The van der Waals surface area contributed by atoms with Gasteiger partial charge in [-0.15, -0.1) is 0 Å². The third kappa shape index (κ3) is 2.97. The van der Waals surface area contributed by atoms with E-state index >= 15 is 0 Å². The highest BCUT2D eigenvalue weighted by Crippen LogP contribution is 2.21. The Labute approximate surface area is 78.5 Å². The van der Waals surface area contributed by atoms with Crippen LogP contribution in [0.25, 0.3) is 0 Å². The van der Waals surface area contributed by atoms with Gasteiger partial charge in [-0.05, 0) is 13.3 Å². The van der Waals surface area contributed by atoms with Gasteiger partial charge in [0.2, 0.25) is 0 Å². The van der Waals surface area contributed by atoms with Gasteiger partial charge in [-0.3, -0.25) is 0 Å². The van der Waals surface area contributed by atoms with Crippen LogP contribution in [0.1, 0.15) is 27.2 Å². The van der Waals surface area contributed by atoms with E-state index in [0.717, 1.165) is 0 Å². The maximum Gasteiger partial charge on any atom is 0.336 e. The van der Waals surface area contributed by atoms with Crippen LogP contribution in [0.5, 0.6) is 0 Å². The fourth-order valence-electron chi connectivity index (χ4n) is 1.14. The smallest absolute Gasteiger partial charge is 0.336 e. The highest BCUT2D eigenvalue weighted by molar-refractivity contribution is 5.77. The van der Waals surface area contributed by atoms with Gasteiger partial charge in [0.15, 0.2) is 5.60 Å². The molecule has 4 heteroatoms. The van der Waals surface area contributed by atoms with Crippen molar-refractivity contribution in [1.82, 2.24) is 0 Å². The molecule has 78 valence electrons. The first-order chi connectivity index (χ1) is 5.99. The van der Waals surface area contributed by atoms with Crippen molar-refractivity contribution in [3.63, 3.8) is 0 Å². The number of hydrogen-bond donors (Lipinski definition) is 2. The van der Waals surface area contributed by atoms with E-state index < -0.39 is 17.5 Å². The molecule has 13 heavy (non-hydrogen) atoms. The zero-order valence-corrected chi connectivity index (χ0v) is 8.41. The lowest BCUT2D eigenvalue weighted by Gasteiger charge is -2.28. The largest absolute Gasteiger partial charge is 0.479 e. The summed E-state index contributed by atoms with van der Waals surface area (Å²) in [5, 5.41) is 18.5. The topological polar surface area (TPSA) is 66.8 Å². The Balaban J connectivity index is 4.29. The number of carboxylic acids is 1. The molecule has 0 aromatic carbocycles.